The van der Waals surface area contributed by atoms with Crippen molar-refractivity contribution in [2.75, 3.05) is 10.6 Å². The summed E-state index contributed by atoms with van der Waals surface area (Å²) in [7, 11) is 0. The van der Waals surface area contributed by atoms with E-state index in [-0.39, 0.29) is 17.6 Å². The van der Waals surface area contributed by atoms with E-state index in [4.69, 9.17) is 21.6 Å². The van der Waals surface area contributed by atoms with E-state index in [1.54, 1.807) is 18.2 Å². The number of hydrogen-bond acceptors (Lipinski definition) is 5. The average molecular weight is 406 g/mol. The fraction of sp³-hybridized carbons (Fsp3) is 0.143. The minimum absolute atomic E-state index is 0.0124. The van der Waals surface area contributed by atoms with Gasteiger partial charge in [-0.2, -0.15) is 5.26 Å². The quantitative estimate of drug-likeness (QED) is 0.677. The summed E-state index contributed by atoms with van der Waals surface area (Å²) >= 11 is 6.10. The number of carbonyl (C=O) groups is 1. The minimum atomic E-state index is -0.522. The van der Waals surface area contributed by atoms with Crippen LogP contribution in [0.25, 0.3) is 0 Å². The molecule has 0 saturated heterocycles. The van der Waals surface area contributed by atoms with Gasteiger partial charge in [-0.05, 0) is 29.3 Å². The van der Waals surface area contributed by atoms with Crippen LogP contribution in [0, 0.1) is 11.3 Å². The third-order valence-corrected chi connectivity index (χ3v) is 4.74. The molecule has 0 spiro atoms. The molecule has 8 heteroatoms. The van der Waals surface area contributed by atoms with Crippen LogP contribution in [0.4, 0.5) is 16.3 Å². The highest BCUT2D eigenvalue weighted by atomic mass is 35.5. The molecule has 2 amide bonds. The number of aromatic nitrogens is 2. The van der Waals surface area contributed by atoms with Crippen molar-refractivity contribution in [3.8, 4) is 11.8 Å². The summed E-state index contributed by atoms with van der Waals surface area (Å²) < 4.78 is 6.16. The van der Waals surface area contributed by atoms with Crippen molar-refractivity contribution < 1.29 is 9.53 Å². The molecule has 144 valence electrons. The molecule has 2 N–H and O–H groups in total. The van der Waals surface area contributed by atoms with Crippen LogP contribution in [0.3, 0.4) is 0 Å². The second-order valence-corrected chi connectivity index (χ2v) is 6.97. The fourth-order valence-electron chi connectivity index (χ4n) is 3.20. The summed E-state index contributed by atoms with van der Waals surface area (Å²) in [4.78, 5) is 20.2. The van der Waals surface area contributed by atoms with Crippen molar-refractivity contribution in [2.24, 2.45) is 0 Å². The Labute approximate surface area is 172 Å². The molecule has 0 aliphatic heterocycles. The zero-order valence-corrected chi connectivity index (χ0v) is 16.0. The first-order valence-corrected chi connectivity index (χ1v) is 9.31. The van der Waals surface area contributed by atoms with E-state index in [1.165, 1.54) is 23.5 Å². The number of fused-ring (bicyclic) bond motifs is 1. The Kier molecular flexibility index (Phi) is 5.27. The van der Waals surface area contributed by atoms with Crippen LogP contribution >= 0.6 is 11.6 Å². The van der Waals surface area contributed by atoms with Gasteiger partial charge in [-0.25, -0.2) is 14.8 Å². The Morgan fingerprint density at radius 2 is 1.86 bits per heavy atom. The molecule has 1 heterocycles. The molecule has 1 aliphatic carbocycles. The van der Waals surface area contributed by atoms with Crippen LogP contribution in [-0.2, 0) is 12.8 Å². The molecule has 4 rings (SSSR count). The van der Waals surface area contributed by atoms with Gasteiger partial charge in [0, 0.05) is 17.9 Å². The molecule has 0 unspecified atom stereocenters. The Morgan fingerprint density at radius 1 is 1.10 bits per heavy atom. The number of anilines is 2. The summed E-state index contributed by atoms with van der Waals surface area (Å²) in [6, 6.07) is 14.7. The van der Waals surface area contributed by atoms with Crippen LogP contribution in [-0.4, -0.2) is 22.1 Å². The van der Waals surface area contributed by atoms with Gasteiger partial charge in [-0.15, -0.1) is 0 Å². The molecule has 0 fully saturated rings. The second kappa shape index (κ2) is 8.17. The number of amides is 2. The summed E-state index contributed by atoms with van der Waals surface area (Å²) in [6.45, 7) is 0. The van der Waals surface area contributed by atoms with Gasteiger partial charge in [0.25, 0.3) is 0 Å². The standard InChI is InChI=1S/C21H16ClN5O2/c22-15-5-6-19(29-17-7-13-3-1-2-4-14(13)8-17)18(9-15)26-21(28)27-20-12-24-16(10-23)11-25-20/h1-6,9,11-12,17H,7-8H2,(H2,25,26,27,28). The fourth-order valence-corrected chi connectivity index (χ4v) is 3.38. The summed E-state index contributed by atoms with van der Waals surface area (Å²) in [5.41, 5.74) is 3.17. The SMILES string of the molecule is N#Cc1cnc(NC(=O)Nc2cc(Cl)ccc2OC2Cc3ccccc3C2)cn1. The molecule has 1 aliphatic rings. The number of ether oxygens (including phenoxy) is 1. The molecule has 0 atom stereocenters. The molecule has 0 radical (unpaired) electrons. The lowest BCUT2D eigenvalue weighted by molar-refractivity contribution is 0.215. The van der Waals surface area contributed by atoms with Crippen LogP contribution < -0.4 is 15.4 Å². The van der Waals surface area contributed by atoms with Crippen molar-refractivity contribution in [2.45, 2.75) is 18.9 Å². The number of nitrogens with zero attached hydrogens (tertiary/aromatic N) is 3. The highest BCUT2D eigenvalue weighted by molar-refractivity contribution is 6.31. The molecule has 29 heavy (non-hydrogen) atoms. The Balaban J connectivity index is 1.45. The first-order chi connectivity index (χ1) is 14.1. The Bertz CT molecular complexity index is 1070. The van der Waals surface area contributed by atoms with Crippen molar-refractivity contribution in [3.05, 3.63) is 76.7 Å². The van der Waals surface area contributed by atoms with E-state index < -0.39 is 6.03 Å². The van der Waals surface area contributed by atoms with Crippen LogP contribution in [0.5, 0.6) is 5.75 Å². The van der Waals surface area contributed by atoms with Gasteiger partial charge in [-0.1, -0.05) is 35.9 Å². The molecular formula is C21H16ClN5O2. The number of hydrogen-bond donors (Lipinski definition) is 2. The Morgan fingerprint density at radius 3 is 2.52 bits per heavy atom. The maximum atomic E-state index is 12.4. The zero-order chi connectivity index (χ0) is 20.2. The third-order valence-electron chi connectivity index (χ3n) is 4.50. The lowest BCUT2D eigenvalue weighted by atomic mass is 10.1. The van der Waals surface area contributed by atoms with Crippen molar-refractivity contribution in [1.29, 1.82) is 5.26 Å². The first-order valence-electron chi connectivity index (χ1n) is 8.94. The van der Waals surface area contributed by atoms with E-state index in [1.807, 2.05) is 18.2 Å². The predicted octanol–water partition coefficient (Wildman–Crippen LogP) is 4.19. The normalized spacial score (nSPS) is 12.7. The highest BCUT2D eigenvalue weighted by Gasteiger charge is 2.23. The molecule has 7 nitrogen and oxygen atoms in total. The second-order valence-electron chi connectivity index (χ2n) is 6.54. The first kappa shape index (κ1) is 18.7. The van der Waals surface area contributed by atoms with Gasteiger partial charge >= 0.3 is 6.03 Å². The highest BCUT2D eigenvalue weighted by Crippen LogP contribution is 2.32. The summed E-state index contributed by atoms with van der Waals surface area (Å²) in [5.74, 6) is 0.755. The van der Waals surface area contributed by atoms with Gasteiger partial charge in [0.05, 0.1) is 18.1 Å². The summed E-state index contributed by atoms with van der Waals surface area (Å²) in [6.07, 6.45) is 4.20. The maximum Gasteiger partial charge on any atom is 0.325 e. The van der Waals surface area contributed by atoms with Crippen molar-refractivity contribution in [3.63, 3.8) is 0 Å². The lowest BCUT2D eigenvalue weighted by Gasteiger charge is -2.17. The van der Waals surface area contributed by atoms with Crippen LogP contribution in [0.15, 0.2) is 54.9 Å². The van der Waals surface area contributed by atoms with Gasteiger partial charge in [0.1, 0.15) is 17.9 Å². The van der Waals surface area contributed by atoms with E-state index in [0.29, 0.717) is 16.5 Å². The largest absolute Gasteiger partial charge is 0.488 e. The number of urea groups is 1. The van der Waals surface area contributed by atoms with Crippen molar-refractivity contribution in [1.82, 2.24) is 9.97 Å². The topological polar surface area (TPSA) is 99.9 Å². The average Bonchev–Trinajstić information content (AvgIpc) is 3.13. The number of nitrogens with one attached hydrogen (secondary N) is 2. The monoisotopic (exact) mass is 405 g/mol. The third kappa shape index (κ3) is 4.45. The number of nitriles is 1. The number of carbonyl (C=O) groups excluding carboxylic acids is 1. The lowest BCUT2D eigenvalue weighted by Crippen LogP contribution is -2.22. The molecule has 1 aromatic heterocycles. The minimum Gasteiger partial charge on any atom is -0.488 e. The molecular weight excluding hydrogens is 390 g/mol. The Hall–Kier alpha value is -3.63. The number of benzene rings is 2. The van der Waals surface area contributed by atoms with Crippen LogP contribution in [0.1, 0.15) is 16.8 Å². The maximum absolute atomic E-state index is 12.4. The van der Waals surface area contributed by atoms with Gasteiger partial charge in [0.2, 0.25) is 0 Å². The van der Waals surface area contributed by atoms with E-state index in [9.17, 15) is 4.79 Å². The van der Waals surface area contributed by atoms with E-state index in [2.05, 4.69) is 32.7 Å². The van der Waals surface area contributed by atoms with Gasteiger partial charge in [0.15, 0.2) is 11.5 Å². The molecule has 0 saturated carbocycles. The molecule has 0 bridgehead atoms. The molecule has 2 aromatic carbocycles. The van der Waals surface area contributed by atoms with Gasteiger partial charge in [-0.3, -0.25) is 5.32 Å². The van der Waals surface area contributed by atoms with Crippen molar-refractivity contribution >= 4 is 29.1 Å². The van der Waals surface area contributed by atoms with E-state index in [0.717, 1.165) is 12.8 Å². The number of halogens is 1. The smallest absolute Gasteiger partial charge is 0.325 e. The van der Waals surface area contributed by atoms with Gasteiger partial charge < -0.3 is 10.1 Å². The van der Waals surface area contributed by atoms with Crippen LogP contribution in [0.2, 0.25) is 5.02 Å². The van der Waals surface area contributed by atoms with E-state index >= 15 is 0 Å². The summed E-state index contributed by atoms with van der Waals surface area (Å²) in [5, 5.41) is 14.5. The zero-order valence-electron chi connectivity index (χ0n) is 15.2. The molecule has 3 aromatic rings. The predicted molar refractivity (Wildman–Crippen MR) is 109 cm³/mol. The number of rotatable bonds is 4.